The van der Waals surface area contributed by atoms with Crippen LogP contribution in [0.4, 0.5) is 5.82 Å². The Labute approximate surface area is 163 Å². The first kappa shape index (κ1) is 18.2. The summed E-state index contributed by atoms with van der Waals surface area (Å²) in [6.07, 6.45) is 6.74. The first-order valence-electron chi connectivity index (χ1n) is 9.40. The molecule has 0 radical (unpaired) electrons. The van der Waals surface area contributed by atoms with Crippen LogP contribution >= 0.6 is 0 Å². The number of aromatic nitrogens is 4. The van der Waals surface area contributed by atoms with Gasteiger partial charge in [-0.3, -0.25) is 19.7 Å². The van der Waals surface area contributed by atoms with Crippen LogP contribution in [-0.4, -0.2) is 37.3 Å². The van der Waals surface area contributed by atoms with Crippen LogP contribution in [0.5, 0.6) is 0 Å². The number of anilines is 1. The van der Waals surface area contributed by atoms with Crippen molar-refractivity contribution in [1.29, 1.82) is 0 Å². The molecule has 1 aliphatic rings. The van der Waals surface area contributed by atoms with Crippen molar-refractivity contribution in [3.05, 3.63) is 77.8 Å². The number of nitrogens with one attached hydrogen (secondary N) is 1. The Morgan fingerprint density at radius 2 is 2.07 bits per heavy atom. The third-order valence-corrected chi connectivity index (χ3v) is 4.82. The molecule has 3 aromatic rings. The molecule has 28 heavy (non-hydrogen) atoms. The quantitative estimate of drug-likeness (QED) is 0.738. The number of hydrogen-bond acceptors (Lipinski definition) is 6. The minimum absolute atomic E-state index is 0.187. The molecule has 142 valence electrons. The Morgan fingerprint density at radius 1 is 1.18 bits per heavy atom. The number of hydrogen-bond donors (Lipinski definition) is 1. The third kappa shape index (κ3) is 4.20. The van der Waals surface area contributed by atoms with E-state index < -0.39 is 0 Å². The zero-order valence-electron chi connectivity index (χ0n) is 15.7. The summed E-state index contributed by atoms with van der Waals surface area (Å²) in [7, 11) is 0. The Morgan fingerprint density at radius 3 is 2.89 bits per heavy atom. The van der Waals surface area contributed by atoms with Crippen molar-refractivity contribution in [2.45, 2.75) is 32.4 Å². The van der Waals surface area contributed by atoms with Crippen molar-refractivity contribution in [1.82, 2.24) is 24.8 Å². The van der Waals surface area contributed by atoms with Gasteiger partial charge in [0.1, 0.15) is 5.69 Å². The maximum Gasteiger partial charge on any atom is 0.275 e. The molecule has 7 heteroatoms. The van der Waals surface area contributed by atoms with E-state index in [0.29, 0.717) is 11.5 Å². The number of carbonyl (C=O) groups is 1. The summed E-state index contributed by atoms with van der Waals surface area (Å²) in [5, 5.41) is 2.73. The highest BCUT2D eigenvalue weighted by Gasteiger charge is 2.28. The van der Waals surface area contributed by atoms with Crippen LogP contribution in [0, 0.1) is 6.92 Å². The minimum Gasteiger partial charge on any atom is -0.304 e. The number of aryl methyl sites for hydroxylation is 1. The highest BCUT2D eigenvalue weighted by atomic mass is 16.1. The summed E-state index contributed by atoms with van der Waals surface area (Å²) in [4.78, 5) is 32.2. The molecule has 4 rings (SSSR count). The third-order valence-electron chi connectivity index (χ3n) is 4.82. The van der Waals surface area contributed by atoms with Crippen LogP contribution in [0.3, 0.4) is 0 Å². The molecule has 1 amide bonds. The van der Waals surface area contributed by atoms with Crippen LogP contribution < -0.4 is 5.32 Å². The van der Waals surface area contributed by atoms with Crippen molar-refractivity contribution in [2.75, 3.05) is 11.9 Å². The van der Waals surface area contributed by atoms with Gasteiger partial charge in [-0.25, -0.2) is 9.97 Å². The van der Waals surface area contributed by atoms with Gasteiger partial charge in [0.15, 0.2) is 5.82 Å². The average molecular weight is 374 g/mol. The van der Waals surface area contributed by atoms with Gasteiger partial charge in [-0.15, -0.1) is 0 Å². The molecule has 0 aliphatic carbocycles. The number of carbonyl (C=O) groups excluding carboxylic acids is 1. The highest BCUT2D eigenvalue weighted by Crippen LogP contribution is 2.32. The lowest BCUT2D eigenvalue weighted by Gasteiger charge is -2.24. The molecule has 0 saturated carbocycles. The van der Waals surface area contributed by atoms with Crippen molar-refractivity contribution in [3.8, 4) is 0 Å². The molecule has 1 N–H and O–H groups in total. The molecule has 7 nitrogen and oxygen atoms in total. The summed E-state index contributed by atoms with van der Waals surface area (Å²) in [5.74, 6) is 0.125. The van der Waals surface area contributed by atoms with E-state index in [2.05, 4.69) is 36.2 Å². The number of likely N-dealkylation sites (tertiary alicyclic amines) is 1. The lowest BCUT2D eigenvalue weighted by Crippen LogP contribution is -2.25. The first-order chi connectivity index (χ1) is 13.7. The van der Waals surface area contributed by atoms with E-state index in [4.69, 9.17) is 0 Å². The maximum absolute atomic E-state index is 12.5. The minimum atomic E-state index is -0.285. The summed E-state index contributed by atoms with van der Waals surface area (Å²) in [5.41, 5.74) is 3.37. The van der Waals surface area contributed by atoms with Crippen molar-refractivity contribution < 1.29 is 4.79 Å². The van der Waals surface area contributed by atoms with Gasteiger partial charge in [-0.05, 0) is 50.6 Å². The molecule has 1 atom stereocenters. The van der Waals surface area contributed by atoms with Crippen molar-refractivity contribution in [3.63, 3.8) is 0 Å². The van der Waals surface area contributed by atoms with E-state index in [1.165, 1.54) is 12.4 Å². The molecule has 0 spiro atoms. The molecular weight excluding hydrogens is 352 g/mol. The second-order valence-corrected chi connectivity index (χ2v) is 6.89. The van der Waals surface area contributed by atoms with E-state index >= 15 is 0 Å². The first-order valence-corrected chi connectivity index (χ1v) is 9.40. The van der Waals surface area contributed by atoms with Crippen LogP contribution in [0.15, 0.2) is 55.0 Å². The van der Waals surface area contributed by atoms with E-state index in [1.54, 1.807) is 12.3 Å². The second kappa shape index (κ2) is 8.22. The van der Waals surface area contributed by atoms with Gasteiger partial charge >= 0.3 is 0 Å². The molecule has 1 aliphatic heterocycles. The average Bonchev–Trinajstić information content (AvgIpc) is 3.17. The number of pyridine rings is 2. The molecule has 1 saturated heterocycles. The largest absolute Gasteiger partial charge is 0.304 e. The van der Waals surface area contributed by atoms with Gasteiger partial charge in [0, 0.05) is 24.6 Å². The fraction of sp³-hybridized carbons (Fsp3) is 0.286. The summed E-state index contributed by atoms with van der Waals surface area (Å²) >= 11 is 0. The number of nitrogens with zero attached hydrogens (tertiary/aromatic N) is 5. The summed E-state index contributed by atoms with van der Waals surface area (Å²) in [6.45, 7) is 3.79. The molecular formula is C21H22N6O. The van der Waals surface area contributed by atoms with Crippen LogP contribution in [0.2, 0.25) is 0 Å². The van der Waals surface area contributed by atoms with E-state index in [1.807, 2.05) is 31.2 Å². The predicted octanol–water partition coefficient (Wildman–Crippen LogP) is 3.16. The molecule has 0 aromatic carbocycles. The number of rotatable bonds is 5. The molecule has 1 fully saturated rings. The SMILES string of the molecule is Cc1cccc(CN2CCC[C@H]2c2cccc(C(=O)Nc3cnccn3)n2)n1. The Bertz CT molecular complexity index is 962. The van der Waals surface area contributed by atoms with Gasteiger partial charge < -0.3 is 5.32 Å². The van der Waals surface area contributed by atoms with Crippen LogP contribution in [0.25, 0.3) is 0 Å². The highest BCUT2D eigenvalue weighted by molar-refractivity contribution is 6.02. The summed E-state index contributed by atoms with van der Waals surface area (Å²) in [6, 6.07) is 11.9. The van der Waals surface area contributed by atoms with Crippen LogP contribution in [0.1, 0.15) is 46.5 Å². The topological polar surface area (TPSA) is 83.9 Å². The van der Waals surface area contributed by atoms with E-state index in [-0.39, 0.29) is 11.9 Å². The van der Waals surface area contributed by atoms with Gasteiger partial charge in [-0.1, -0.05) is 12.1 Å². The maximum atomic E-state index is 12.5. The lowest BCUT2D eigenvalue weighted by atomic mass is 10.1. The molecule has 3 aromatic heterocycles. The molecule has 0 bridgehead atoms. The van der Waals surface area contributed by atoms with Gasteiger partial charge in [-0.2, -0.15) is 0 Å². The van der Waals surface area contributed by atoms with E-state index in [9.17, 15) is 4.79 Å². The molecule has 4 heterocycles. The standard InChI is InChI=1S/C21H22N6O/c1-15-5-2-6-16(24-15)14-27-12-4-9-19(27)17-7-3-8-18(25-17)21(28)26-20-13-22-10-11-23-20/h2-3,5-8,10-11,13,19H,4,9,12,14H2,1H3,(H,23,26,28)/t19-/m0/s1. The number of amides is 1. The summed E-state index contributed by atoms with van der Waals surface area (Å²) < 4.78 is 0. The van der Waals surface area contributed by atoms with Crippen LogP contribution in [-0.2, 0) is 6.54 Å². The fourth-order valence-corrected chi connectivity index (χ4v) is 3.55. The predicted molar refractivity (Wildman–Crippen MR) is 106 cm³/mol. The second-order valence-electron chi connectivity index (χ2n) is 6.89. The van der Waals surface area contributed by atoms with Gasteiger partial charge in [0.2, 0.25) is 0 Å². The monoisotopic (exact) mass is 374 g/mol. The Hall–Kier alpha value is -3.19. The lowest BCUT2D eigenvalue weighted by molar-refractivity contribution is 0.102. The molecule has 0 unspecified atom stereocenters. The normalized spacial score (nSPS) is 16.8. The van der Waals surface area contributed by atoms with E-state index in [0.717, 1.165) is 43.0 Å². The smallest absolute Gasteiger partial charge is 0.275 e. The van der Waals surface area contributed by atoms with Gasteiger partial charge in [0.05, 0.1) is 23.6 Å². The Kier molecular flexibility index (Phi) is 5.34. The van der Waals surface area contributed by atoms with Crippen molar-refractivity contribution >= 4 is 11.7 Å². The Balaban J connectivity index is 1.50. The zero-order valence-corrected chi connectivity index (χ0v) is 15.7. The fourth-order valence-electron chi connectivity index (χ4n) is 3.55. The van der Waals surface area contributed by atoms with Gasteiger partial charge in [0.25, 0.3) is 5.91 Å². The zero-order chi connectivity index (χ0) is 19.3. The van der Waals surface area contributed by atoms with Crippen molar-refractivity contribution in [2.24, 2.45) is 0 Å².